The Balaban J connectivity index is 1.89. The molecule has 2 aliphatic rings. The molecule has 2 amide bonds. The van der Waals surface area contributed by atoms with Gasteiger partial charge in [0.05, 0.1) is 23.1 Å². The number of hydrogen-bond donors (Lipinski definition) is 4. The SMILES string of the molecule is CC(C)(C)C[C@@H]1C[C@@H](C(=O)NCC[C@H](O)CO)[C@H](c2cccc(Cl)c2)[C@@]12C(=O)Nc1cc(Cl)c(F)cc12. The summed E-state index contributed by atoms with van der Waals surface area (Å²) in [6, 6.07) is 9.90. The van der Waals surface area contributed by atoms with Crippen LogP contribution in [0.4, 0.5) is 10.1 Å². The Bertz CT molecular complexity index is 1200. The number of aliphatic hydroxyl groups is 2. The van der Waals surface area contributed by atoms with Gasteiger partial charge in [-0.2, -0.15) is 0 Å². The predicted molar refractivity (Wildman–Crippen MR) is 142 cm³/mol. The summed E-state index contributed by atoms with van der Waals surface area (Å²) in [5, 5.41) is 25.0. The van der Waals surface area contributed by atoms with Crippen molar-refractivity contribution in [2.75, 3.05) is 18.5 Å². The molecule has 0 saturated heterocycles. The molecule has 1 fully saturated rings. The first-order valence-electron chi connectivity index (χ1n) is 12.5. The maximum absolute atomic E-state index is 14.9. The molecule has 9 heteroatoms. The van der Waals surface area contributed by atoms with Crippen LogP contribution >= 0.6 is 23.2 Å². The molecule has 5 atom stereocenters. The first kappa shape index (κ1) is 27.8. The number of benzene rings is 2. The van der Waals surface area contributed by atoms with E-state index in [0.29, 0.717) is 29.1 Å². The summed E-state index contributed by atoms with van der Waals surface area (Å²) in [5.74, 6) is -2.69. The number of aliphatic hydroxyl groups excluding tert-OH is 2. The Morgan fingerprint density at radius 3 is 2.65 bits per heavy atom. The van der Waals surface area contributed by atoms with Crippen LogP contribution in [0.2, 0.25) is 10.0 Å². The van der Waals surface area contributed by atoms with Crippen molar-refractivity contribution in [3.63, 3.8) is 0 Å². The molecular weight excluding hydrogens is 518 g/mol. The molecule has 0 bridgehead atoms. The summed E-state index contributed by atoms with van der Waals surface area (Å²) in [6.45, 7) is 6.01. The van der Waals surface area contributed by atoms with E-state index in [2.05, 4.69) is 31.4 Å². The second-order valence-corrected chi connectivity index (χ2v) is 12.2. The number of amides is 2. The average Bonchev–Trinajstić information content (AvgIpc) is 3.28. The second kappa shape index (κ2) is 10.5. The fraction of sp³-hybridized carbons (Fsp3) is 0.500. The van der Waals surface area contributed by atoms with Gasteiger partial charge in [-0.05, 0) is 66.0 Å². The molecule has 0 aromatic heterocycles. The zero-order valence-corrected chi connectivity index (χ0v) is 22.7. The molecule has 4 rings (SSSR count). The fourth-order valence-corrected chi connectivity index (χ4v) is 6.64. The molecule has 1 aliphatic heterocycles. The van der Waals surface area contributed by atoms with Gasteiger partial charge in [0.1, 0.15) is 5.82 Å². The second-order valence-electron chi connectivity index (χ2n) is 11.4. The van der Waals surface area contributed by atoms with Gasteiger partial charge in [-0.1, -0.05) is 56.1 Å². The largest absolute Gasteiger partial charge is 0.394 e. The summed E-state index contributed by atoms with van der Waals surface area (Å²) in [6.07, 6.45) is 0.280. The van der Waals surface area contributed by atoms with Gasteiger partial charge < -0.3 is 20.8 Å². The zero-order chi connectivity index (χ0) is 27.1. The van der Waals surface area contributed by atoms with E-state index in [-0.39, 0.29) is 41.1 Å². The lowest BCUT2D eigenvalue weighted by atomic mass is 9.62. The molecule has 4 N–H and O–H groups in total. The van der Waals surface area contributed by atoms with Crippen LogP contribution in [-0.4, -0.2) is 41.3 Å². The summed E-state index contributed by atoms with van der Waals surface area (Å²) < 4.78 is 14.9. The van der Waals surface area contributed by atoms with Gasteiger partial charge in [0.15, 0.2) is 0 Å². The monoisotopic (exact) mass is 550 g/mol. The van der Waals surface area contributed by atoms with E-state index in [1.165, 1.54) is 12.1 Å². The molecule has 37 heavy (non-hydrogen) atoms. The van der Waals surface area contributed by atoms with Crippen molar-refractivity contribution >= 4 is 40.7 Å². The number of carbonyl (C=O) groups is 2. The molecule has 1 spiro atoms. The summed E-state index contributed by atoms with van der Waals surface area (Å²) in [4.78, 5) is 27.7. The Hall–Kier alpha value is -2.19. The minimum Gasteiger partial charge on any atom is -0.394 e. The van der Waals surface area contributed by atoms with E-state index in [4.69, 9.17) is 28.3 Å². The van der Waals surface area contributed by atoms with Crippen LogP contribution in [0.5, 0.6) is 0 Å². The van der Waals surface area contributed by atoms with Crippen molar-refractivity contribution < 1.29 is 24.2 Å². The molecule has 200 valence electrons. The molecule has 1 saturated carbocycles. The molecule has 6 nitrogen and oxygen atoms in total. The third-order valence-corrected chi connectivity index (χ3v) is 8.12. The summed E-state index contributed by atoms with van der Waals surface area (Å²) in [7, 11) is 0. The van der Waals surface area contributed by atoms with Crippen LogP contribution < -0.4 is 10.6 Å². The van der Waals surface area contributed by atoms with E-state index in [1.807, 2.05) is 6.07 Å². The molecule has 2 aromatic rings. The zero-order valence-electron chi connectivity index (χ0n) is 21.2. The lowest BCUT2D eigenvalue weighted by molar-refractivity contribution is -0.126. The maximum Gasteiger partial charge on any atom is 0.236 e. The topological polar surface area (TPSA) is 98.7 Å². The van der Waals surface area contributed by atoms with Crippen LogP contribution in [0.3, 0.4) is 0 Å². The van der Waals surface area contributed by atoms with Crippen molar-refractivity contribution in [2.24, 2.45) is 17.3 Å². The molecular formula is C28H33Cl2FN2O4. The van der Waals surface area contributed by atoms with Gasteiger partial charge in [-0.25, -0.2) is 4.39 Å². The van der Waals surface area contributed by atoms with Crippen LogP contribution in [0.1, 0.15) is 57.1 Å². The van der Waals surface area contributed by atoms with Crippen molar-refractivity contribution in [1.29, 1.82) is 0 Å². The van der Waals surface area contributed by atoms with Gasteiger partial charge in [-0.15, -0.1) is 0 Å². The molecule has 2 aromatic carbocycles. The fourth-order valence-electron chi connectivity index (χ4n) is 6.28. The minimum atomic E-state index is -1.22. The lowest BCUT2D eigenvalue weighted by Crippen LogP contribution is -2.45. The van der Waals surface area contributed by atoms with Gasteiger partial charge in [0.25, 0.3) is 0 Å². The van der Waals surface area contributed by atoms with Gasteiger partial charge in [0, 0.05) is 29.1 Å². The number of anilines is 1. The normalized spacial score (nSPS) is 25.7. The van der Waals surface area contributed by atoms with Gasteiger partial charge >= 0.3 is 0 Å². The van der Waals surface area contributed by atoms with Crippen molar-refractivity contribution in [1.82, 2.24) is 5.32 Å². The Labute approximate surface area is 226 Å². The van der Waals surface area contributed by atoms with Crippen LogP contribution in [-0.2, 0) is 15.0 Å². The standard InChI is InChI=1S/C28H33Cl2FN2O4/c1-27(2,3)13-16-10-19(25(36)32-8-7-18(35)14-34)24(15-5-4-6-17(29)9-15)28(16)20-11-22(31)21(30)12-23(20)33-26(28)37/h4-6,9,11-12,16,18-19,24,34-35H,7-8,10,13-14H2,1-3H3,(H,32,36)(H,33,37)/t16-,18-,19+,24-,28+/m0/s1. The number of halogens is 3. The number of carbonyl (C=O) groups excluding carboxylic acids is 2. The number of nitrogens with one attached hydrogen (secondary N) is 2. The van der Waals surface area contributed by atoms with Crippen LogP contribution in [0.25, 0.3) is 0 Å². The molecule has 1 heterocycles. The first-order valence-corrected chi connectivity index (χ1v) is 13.3. The third kappa shape index (κ3) is 5.24. The first-order chi connectivity index (χ1) is 17.4. The van der Waals surface area contributed by atoms with E-state index in [9.17, 15) is 19.1 Å². The van der Waals surface area contributed by atoms with Crippen LogP contribution in [0.15, 0.2) is 36.4 Å². The van der Waals surface area contributed by atoms with E-state index in [1.54, 1.807) is 18.2 Å². The van der Waals surface area contributed by atoms with E-state index >= 15 is 0 Å². The quantitative estimate of drug-likeness (QED) is 0.388. The highest BCUT2D eigenvalue weighted by Crippen LogP contribution is 2.64. The number of rotatable bonds is 7. The smallest absolute Gasteiger partial charge is 0.236 e. The molecule has 0 radical (unpaired) electrons. The molecule has 0 unspecified atom stereocenters. The van der Waals surface area contributed by atoms with Crippen molar-refractivity contribution in [3.05, 3.63) is 63.4 Å². The number of fused-ring (bicyclic) bond motifs is 2. The maximum atomic E-state index is 14.9. The highest BCUT2D eigenvalue weighted by atomic mass is 35.5. The highest BCUT2D eigenvalue weighted by molar-refractivity contribution is 6.31. The third-order valence-electron chi connectivity index (χ3n) is 7.60. The minimum absolute atomic E-state index is 0.0856. The summed E-state index contributed by atoms with van der Waals surface area (Å²) >= 11 is 12.5. The van der Waals surface area contributed by atoms with Gasteiger partial charge in [0.2, 0.25) is 11.8 Å². The Morgan fingerprint density at radius 2 is 2.00 bits per heavy atom. The highest BCUT2D eigenvalue weighted by Gasteiger charge is 2.65. The van der Waals surface area contributed by atoms with E-state index in [0.717, 1.165) is 5.56 Å². The lowest BCUT2D eigenvalue weighted by Gasteiger charge is -2.38. The Morgan fingerprint density at radius 1 is 1.27 bits per heavy atom. The molecule has 1 aliphatic carbocycles. The van der Waals surface area contributed by atoms with Crippen molar-refractivity contribution in [3.8, 4) is 0 Å². The Kier molecular flexibility index (Phi) is 7.92. The average molecular weight is 551 g/mol. The van der Waals surface area contributed by atoms with E-state index < -0.39 is 35.8 Å². The van der Waals surface area contributed by atoms with Crippen LogP contribution in [0, 0.1) is 23.1 Å². The van der Waals surface area contributed by atoms with Crippen molar-refractivity contribution in [2.45, 2.75) is 57.5 Å². The van der Waals surface area contributed by atoms with Gasteiger partial charge in [-0.3, -0.25) is 9.59 Å². The summed E-state index contributed by atoms with van der Waals surface area (Å²) in [5.41, 5.74) is 0.281. The number of hydrogen-bond acceptors (Lipinski definition) is 4. The predicted octanol–water partition coefficient (Wildman–Crippen LogP) is 5.04.